The molecule has 0 radical (unpaired) electrons. The maximum atomic E-state index is 13.3. The monoisotopic (exact) mass is 566 g/mol. The fourth-order valence-corrected chi connectivity index (χ4v) is 6.22. The maximum absolute atomic E-state index is 13.3. The lowest BCUT2D eigenvalue weighted by atomic mass is 10.0. The summed E-state index contributed by atoms with van der Waals surface area (Å²) >= 11 is 0. The zero-order valence-corrected chi connectivity index (χ0v) is 23.4. The van der Waals surface area contributed by atoms with Crippen LogP contribution in [0, 0.1) is 11.8 Å². The van der Waals surface area contributed by atoms with E-state index in [1.807, 2.05) is 36.4 Å². The Balaban J connectivity index is 1.19. The molecule has 1 aliphatic carbocycles. The highest BCUT2D eigenvalue weighted by Gasteiger charge is 2.42. The normalized spacial score (nSPS) is 21.2. The lowest BCUT2D eigenvalue weighted by Gasteiger charge is -2.28. The minimum atomic E-state index is -3.85. The number of hydrogen-bond donors (Lipinski definition) is 3. The summed E-state index contributed by atoms with van der Waals surface area (Å²) in [6, 6.07) is 16.5. The van der Waals surface area contributed by atoms with Gasteiger partial charge >= 0.3 is 0 Å². The fourth-order valence-electron chi connectivity index (χ4n) is 5.17. The second-order valence-electron chi connectivity index (χ2n) is 10.5. The van der Waals surface area contributed by atoms with Gasteiger partial charge in [-0.3, -0.25) is 14.4 Å². The minimum absolute atomic E-state index is 0.0571. The molecule has 3 amide bonds. The molecule has 2 aromatic carbocycles. The Kier molecular flexibility index (Phi) is 9.98. The zero-order chi connectivity index (χ0) is 28.5. The summed E-state index contributed by atoms with van der Waals surface area (Å²) in [4.78, 5) is 39.3. The molecular formula is C30H38N4O5S. The second kappa shape index (κ2) is 13.6. The number of benzene rings is 2. The predicted octanol–water partition coefficient (Wildman–Crippen LogP) is 3.59. The number of nitrogens with two attached hydrogens (primary N) is 1. The molecule has 10 heteroatoms. The molecule has 0 bridgehead atoms. The van der Waals surface area contributed by atoms with Crippen molar-refractivity contribution in [3.63, 3.8) is 0 Å². The highest BCUT2D eigenvalue weighted by Crippen LogP contribution is 2.40. The van der Waals surface area contributed by atoms with Crippen molar-refractivity contribution in [2.75, 3.05) is 11.9 Å². The molecule has 1 saturated carbocycles. The van der Waals surface area contributed by atoms with E-state index in [9.17, 15) is 22.8 Å². The Morgan fingerprint density at radius 3 is 2.40 bits per heavy atom. The number of anilines is 1. The van der Waals surface area contributed by atoms with Crippen molar-refractivity contribution in [3.05, 3.63) is 72.8 Å². The third-order valence-electron chi connectivity index (χ3n) is 7.49. The van der Waals surface area contributed by atoms with Crippen LogP contribution >= 0.6 is 0 Å². The summed E-state index contributed by atoms with van der Waals surface area (Å²) in [5.74, 6) is -1.26. The molecule has 1 aliphatic heterocycles. The van der Waals surface area contributed by atoms with E-state index in [1.165, 1.54) is 12.1 Å². The van der Waals surface area contributed by atoms with Gasteiger partial charge in [0, 0.05) is 18.2 Å². The van der Waals surface area contributed by atoms with Crippen LogP contribution in [0.4, 0.5) is 5.69 Å². The van der Waals surface area contributed by atoms with Crippen molar-refractivity contribution < 1.29 is 22.8 Å². The number of primary amides is 1. The molecule has 1 heterocycles. The largest absolute Gasteiger partial charge is 0.374 e. The van der Waals surface area contributed by atoms with Crippen molar-refractivity contribution in [1.29, 1.82) is 0 Å². The fraction of sp³-hybridized carbons (Fsp3) is 0.433. The quantitative estimate of drug-likeness (QED) is 0.236. The van der Waals surface area contributed by atoms with E-state index in [1.54, 1.807) is 23.1 Å². The minimum Gasteiger partial charge on any atom is -0.374 e. The average Bonchev–Trinajstić information content (AvgIpc) is 3.55. The SMILES string of the molecule is NC(=O)[C@@H]1CCCN1C(=O)[C@H](CCCCC/C=C\[C@@H]1C[C@@H]1C(=O)NS(=O)(=O)c1ccccc1)Nc1ccccc1. The topological polar surface area (TPSA) is 139 Å². The first-order valence-electron chi connectivity index (χ1n) is 14.0. The number of amides is 3. The van der Waals surface area contributed by atoms with Crippen LogP contribution in [0.1, 0.15) is 51.4 Å². The van der Waals surface area contributed by atoms with Crippen LogP contribution in [0.25, 0.3) is 0 Å². The van der Waals surface area contributed by atoms with Crippen molar-refractivity contribution in [1.82, 2.24) is 9.62 Å². The van der Waals surface area contributed by atoms with Gasteiger partial charge in [0.25, 0.3) is 10.0 Å². The molecule has 2 aromatic rings. The Morgan fingerprint density at radius 1 is 1.00 bits per heavy atom. The number of carbonyl (C=O) groups excluding carboxylic acids is 3. The van der Waals surface area contributed by atoms with Gasteiger partial charge in [-0.25, -0.2) is 13.1 Å². The van der Waals surface area contributed by atoms with Crippen LogP contribution in [0.2, 0.25) is 0 Å². The number of rotatable bonds is 14. The van der Waals surface area contributed by atoms with Gasteiger partial charge in [-0.2, -0.15) is 0 Å². The lowest BCUT2D eigenvalue weighted by molar-refractivity contribution is -0.138. The van der Waals surface area contributed by atoms with Crippen molar-refractivity contribution >= 4 is 33.4 Å². The third kappa shape index (κ3) is 7.94. The maximum Gasteiger partial charge on any atom is 0.264 e. The molecule has 214 valence electrons. The summed E-state index contributed by atoms with van der Waals surface area (Å²) in [6.45, 7) is 0.544. The first-order chi connectivity index (χ1) is 19.3. The zero-order valence-electron chi connectivity index (χ0n) is 22.6. The van der Waals surface area contributed by atoms with Crippen molar-refractivity contribution in [2.24, 2.45) is 17.6 Å². The van der Waals surface area contributed by atoms with Gasteiger partial charge in [-0.15, -0.1) is 0 Å². The number of allylic oxidation sites excluding steroid dienone is 2. The molecule has 0 aromatic heterocycles. The van der Waals surface area contributed by atoms with Gasteiger partial charge in [0.05, 0.1) is 4.90 Å². The molecule has 40 heavy (non-hydrogen) atoms. The van der Waals surface area contributed by atoms with Crippen LogP contribution in [-0.4, -0.2) is 49.7 Å². The van der Waals surface area contributed by atoms with E-state index in [4.69, 9.17) is 5.73 Å². The van der Waals surface area contributed by atoms with Crippen molar-refractivity contribution in [3.8, 4) is 0 Å². The Labute approximate surface area is 236 Å². The number of likely N-dealkylation sites (tertiary alicyclic amines) is 1. The Hall–Kier alpha value is -3.66. The third-order valence-corrected chi connectivity index (χ3v) is 8.85. The number of carbonyl (C=O) groups is 3. The average molecular weight is 567 g/mol. The highest BCUT2D eigenvalue weighted by atomic mass is 32.2. The first-order valence-corrected chi connectivity index (χ1v) is 15.4. The second-order valence-corrected chi connectivity index (χ2v) is 12.2. The van der Waals surface area contributed by atoms with Crippen LogP contribution in [0.3, 0.4) is 0 Å². The Bertz CT molecular complexity index is 1300. The van der Waals surface area contributed by atoms with E-state index in [0.29, 0.717) is 25.8 Å². The van der Waals surface area contributed by atoms with Crippen molar-refractivity contribution in [2.45, 2.75) is 68.3 Å². The highest BCUT2D eigenvalue weighted by molar-refractivity contribution is 7.90. The van der Waals surface area contributed by atoms with Gasteiger partial charge in [0.2, 0.25) is 17.7 Å². The van der Waals surface area contributed by atoms with Gasteiger partial charge in [-0.05, 0) is 68.7 Å². The molecular weight excluding hydrogens is 528 g/mol. The summed E-state index contributed by atoms with van der Waals surface area (Å²) in [7, 11) is -3.85. The summed E-state index contributed by atoms with van der Waals surface area (Å²) < 4.78 is 26.9. The van der Waals surface area contributed by atoms with E-state index in [2.05, 4.69) is 16.1 Å². The molecule has 1 saturated heterocycles. The number of hydrogen-bond acceptors (Lipinski definition) is 6. The van der Waals surface area contributed by atoms with Gasteiger partial charge in [-0.1, -0.05) is 61.4 Å². The summed E-state index contributed by atoms with van der Waals surface area (Å²) in [5.41, 5.74) is 6.40. The smallest absolute Gasteiger partial charge is 0.264 e. The molecule has 2 fully saturated rings. The number of nitrogens with one attached hydrogen (secondary N) is 2. The number of nitrogens with zero attached hydrogens (tertiary/aromatic N) is 1. The number of unbranched alkanes of at least 4 members (excludes halogenated alkanes) is 3. The van der Waals surface area contributed by atoms with E-state index >= 15 is 0 Å². The molecule has 4 rings (SSSR count). The summed E-state index contributed by atoms with van der Waals surface area (Å²) in [6.07, 6.45) is 10.3. The lowest BCUT2D eigenvalue weighted by Crippen LogP contribution is -2.49. The van der Waals surface area contributed by atoms with Crippen LogP contribution in [0.5, 0.6) is 0 Å². The van der Waals surface area contributed by atoms with Crippen LogP contribution in [0.15, 0.2) is 77.7 Å². The van der Waals surface area contributed by atoms with Gasteiger partial charge in [0.15, 0.2) is 0 Å². The predicted molar refractivity (Wildman–Crippen MR) is 153 cm³/mol. The number of sulfonamides is 1. The standard InChI is InChI=1S/C30H38N4O5S/c31-28(35)27-19-12-20-34(27)30(37)26(32-23-14-7-4-8-15-23)18-11-3-1-2-6-13-22-21-25(22)29(36)33-40(38,39)24-16-9-5-10-17-24/h4-10,13-17,22,25-27,32H,1-3,11-12,18-21H2,(H2,31,35)(H,33,36)/b13-6-/t22-,25+,26+,27+/m1/s1. The summed E-state index contributed by atoms with van der Waals surface area (Å²) in [5, 5.41) is 3.34. The first kappa shape index (κ1) is 29.3. The molecule has 9 nitrogen and oxygen atoms in total. The molecule has 0 unspecified atom stereocenters. The van der Waals surface area contributed by atoms with E-state index in [-0.39, 0.29) is 22.6 Å². The molecule has 4 N–H and O–H groups in total. The molecule has 0 spiro atoms. The van der Waals surface area contributed by atoms with Crippen LogP contribution < -0.4 is 15.8 Å². The van der Waals surface area contributed by atoms with E-state index < -0.39 is 33.9 Å². The molecule has 2 aliphatic rings. The van der Waals surface area contributed by atoms with Gasteiger partial charge in [0.1, 0.15) is 12.1 Å². The van der Waals surface area contributed by atoms with Gasteiger partial charge < -0.3 is 16.0 Å². The number of para-hydroxylation sites is 1. The molecule has 4 atom stereocenters. The van der Waals surface area contributed by atoms with Crippen LogP contribution in [-0.2, 0) is 24.4 Å². The van der Waals surface area contributed by atoms with E-state index in [0.717, 1.165) is 37.8 Å². The Morgan fingerprint density at radius 2 is 1.70 bits per heavy atom.